The van der Waals surface area contributed by atoms with Gasteiger partial charge in [-0.2, -0.15) is 0 Å². The summed E-state index contributed by atoms with van der Waals surface area (Å²) in [6.45, 7) is -0.183. The van der Waals surface area contributed by atoms with E-state index in [-0.39, 0.29) is 0 Å². The van der Waals surface area contributed by atoms with Crippen LogP contribution < -0.4 is 15.9 Å². The van der Waals surface area contributed by atoms with Crippen molar-refractivity contribution in [3.63, 3.8) is 0 Å². The highest BCUT2D eigenvalue weighted by atomic mass is 31.2. The van der Waals surface area contributed by atoms with E-state index in [1.54, 1.807) is 0 Å². The lowest BCUT2D eigenvalue weighted by Gasteiger charge is -2.25. The minimum Gasteiger partial charge on any atom is -0.224 e. The molecular formula is C21H17OP. The Bertz CT molecular complexity index is 856. The van der Waals surface area contributed by atoms with Crippen LogP contribution in [-0.4, -0.2) is 11.4 Å². The highest BCUT2D eigenvalue weighted by Gasteiger charge is 2.24. The minimum atomic E-state index is -2.25. The maximum atomic E-state index is 11.4. The van der Waals surface area contributed by atoms with Crippen molar-refractivity contribution in [1.82, 2.24) is 0 Å². The molecule has 0 N–H and O–H groups in total. The molecule has 112 valence electrons. The zero-order chi connectivity index (χ0) is 16.1. The van der Waals surface area contributed by atoms with Crippen LogP contribution in [0.2, 0.25) is 0 Å². The van der Waals surface area contributed by atoms with Crippen molar-refractivity contribution in [2.75, 3.05) is 0 Å². The third kappa shape index (κ3) is 2.87. The molecular weight excluding hydrogens is 299 g/mol. The van der Waals surface area contributed by atoms with Crippen molar-refractivity contribution in [3.05, 3.63) is 90.5 Å². The fourth-order valence-electron chi connectivity index (χ4n) is 2.78. The summed E-state index contributed by atoms with van der Waals surface area (Å²) < 4.78 is 0. The molecule has 0 aromatic heterocycles. The lowest BCUT2D eigenvalue weighted by molar-refractivity contribution is 0.571. The highest BCUT2D eigenvalue weighted by Crippen LogP contribution is 2.42. The molecule has 0 saturated carbocycles. The van der Waals surface area contributed by atoms with Gasteiger partial charge in [0.2, 0.25) is 0 Å². The van der Waals surface area contributed by atoms with E-state index < -0.39 is 6.89 Å². The average Bonchev–Trinajstić information content (AvgIpc) is 2.62. The Kier molecular flexibility index (Phi) is 4.47. The van der Waals surface area contributed by atoms with E-state index in [1.807, 2.05) is 42.3 Å². The summed E-state index contributed by atoms with van der Waals surface area (Å²) >= 11 is 0. The number of hydrogen-bond acceptors (Lipinski definition) is 1. The zero-order valence-corrected chi connectivity index (χ0v) is 13.8. The van der Waals surface area contributed by atoms with Crippen molar-refractivity contribution < 1.29 is 4.79 Å². The molecule has 0 spiro atoms. The molecule has 0 saturated heterocycles. The summed E-state index contributed by atoms with van der Waals surface area (Å²) in [4.78, 5) is 11.4. The van der Waals surface area contributed by atoms with E-state index in [4.69, 9.17) is 0 Å². The Morgan fingerprint density at radius 2 is 1.09 bits per heavy atom. The lowest BCUT2D eigenvalue weighted by Crippen LogP contribution is -2.26. The van der Waals surface area contributed by atoms with Crippen LogP contribution >= 0.6 is 6.89 Å². The predicted molar refractivity (Wildman–Crippen MR) is 101 cm³/mol. The van der Waals surface area contributed by atoms with Crippen molar-refractivity contribution in [1.29, 1.82) is 0 Å². The smallest absolute Gasteiger partial charge is 0.177 e. The van der Waals surface area contributed by atoms with Crippen LogP contribution in [0.25, 0.3) is 0 Å². The van der Waals surface area contributed by atoms with Gasteiger partial charge in [-0.15, -0.1) is 0 Å². The molecule has 1 nitrogen and oxygen atoms in total. The third-order valence-corrected chi connectivity index (χ3v) is 7.57. The molecule has 0 bridgehead atoms. The Hall–Kier alpha value is -2.55. The quantitative estimate of drug-likeness (QED) is 0.536. The van der Waals surface area contributed by atoms with Gasteiger partial charge >= 0.3 is 0 Å². The first-order chi connectivity index (χ1) is 11.3. The summed E-state index contributed by atoms with van der Waals surface area (Å²) in [5, 5.41) is 3.33. The number of rotatable bonds is 3. The van der Waals surface area contributed by atoms with Crippen LogP contribution in [-0.2, 0) is 4.79 Å². The molecule has 0 fully saturated rings. The molecule has 0 amide bonds. The monoisotopic (exact) mass is 316 g/mol. The average molecular weight is 316 g/mol. The molecule has 3 aromatic carbocycles. The maximum Gasteiger partial charge on any atom is 0.177 e. The van der Waals surface area contributed by atoms with Gasteiger partial charge in [0.15, 0.2) is 5.94 Å². The first-order valence-electron chi connectivity index (χ1n) is 7.49. The number of aryl methyl sites for hydroxylation is 1. The summed E-state index contributed by atoms with van der Waals surface area (Å²) in [6.07, 6.45) is 0. The van der Waals surface area contributed by atoms with Crippen molar-refractivity contribution >= 4 is 34.2 Å². The van der Waals surface area contributed by atoms with Gasteiger partial charge in [0.05, 0.1) is 0 Å². The van der Waals surface area contributed by atoms with Crippen LogP contribution in [0.3, 0.4) is 0 Å². The van der Waals surface area contributed by atoms with E-state index in [2.05, 4.69) is 60.9 Å². The molecule has 3 aromatic rings. The highest BCUT2D eigenvalue weighted by molar-refractivity contribution is 7.94. The lowest BCUT2D eigenvalue weighted by atomic mass is 10.2. The van der Waals surface area contributed by atoms with Crippen LogP contribution in [0.1, 0.15) is 5.56 Å². The molecule has 0 aliphatic heterocycles. The minimum absolute atomic E-state index is 1.11. The molecule has 2 heteroatoms. The summed E-state index contributed by atoms with van der Waals surface area (Å²) in [6, 6.07) is 28.7. The Balaban J connectivity index is 2.45. The van der Waals surface area contributed by atoms with Gasteiger partial charge in [-0.3, -0.25) is 0 Å². The molecule has 0 aliphatic rings. The maximum absolute atomic E-state index is 11.4. The van der Waals surface area contributed by atoms with Gasteiger partial charge < -0.3 is 0 Å². The normalized spacial score (nSPS) is 10.7. The summed E-state index contributed by atoms with van der Waals surface area (Å²) in [7, 11) is 0. The van der Waals surface area contributed by atoms with Gasteiger partial charge in [0.25, 0.3) is 0 Å². The SMILES string of the molecule is Cc1ccc(P(=C=C=O)(c2ccccc2)c2ccccc2)cc1. The largest absolute Gasteiger partial charge is 0.224 e. The van der Waals surface area contributed by atoms with E-state index in [0.29, 0.717) is 0 Å². The second-order valence-corrected chi connectivity index (χ2v) is 8.51. The van der Waals surface area contributed by atoms with Crippen LogP contribution in [0.15, 0.2) is 84.9 Å². The first kappa shape index (κ1) is 15.3. The standard InChI is InChI=1S/C21H17OP/c1-18-12-14-21(15-13-18)23(17-16-22,19-8-4-2-5-9-19)20-10-6-3-7-11-20/h2-15H,1H3. The molecule has 3 rings (SSSR count). The van der Waals surface area contributed by atoms with Gasteiger partial charge in [-0.1, -0.05) is 90.5 Å². The number of benzene rings is 3. The zero-order valence-electron chi connectivity index (χ0n) is 12.9. The Morgan fingerprint density at radius 1 is 0.652 bits per heavy atom. The van der Waals surface area contributed by atoms with Crippen LogP contribution in [0.5, 0.6) is 0 Å². The van der Waals surface area contributed by atoms with Crippen LogP contribution in [0.4, 0.5) is 0 Å². The van der Waals surface area contributed by atoms with Gasteiger partial charge in [-0.25, -0.2) is 4.79 Å². The third-order valence-electron chi connectivity index (χ3n) is 3.92. The fraction of sp³-hybridized carbons (Fsp3) is 0.0476. The predicted octanol–water partition coefficient (Wildman–Crippen LogP) is 3.08. The number of carbonyl (C=O) groups excluding carboxylic acids is 1. The molecule has 0 unspecified atom stereocenters. The van der Waals surface area contributed by atoms with Gasteiger partial charge in [0.1, 0.15) is 0 Å². The van der Waals surface area contributed by atoms with E-state index in [9.17, 15) is 4.79 Å². The molecule has 23 heavy (non-hydrogen) atoms. The van der Waals surface area contributed by atoms with E-state index in [0.717, 1.165) is 15.9 Å². The fourth-order valence-corrected chi connectivity index (χ4v) is 6.03. The van der Waals surface area contributed by atoms with Crippen molar-refractivity contribution in [2.24, 2.45) is 0 Å². The second kappa shape index (κ2) is 6.69. The summed E-state index contributed by atoms with van der Waals surface area (Å²) in [5.41, 5.74) is 4.27. The molecule has 0 aliphatic carbocycles. The van der Waals surface area contributed by atoms with E-state index in [1.165, 1.54) is 5.56 Å². The Labute approximate surface area is 136 Å². The molecule has 0 atom stereocenters. The summed E-state index contributed by atoms with van der Waals surface area (Å²) in [5.74, 6) is 1.97. The topological polar surface area (TPSA) is 17.1 Å². The van der Waals surface area contributed by atoms with Crippen molar-refractivity contribution in [3.8, 4) is 0 Å². The van der Waals surface area contributed by atoms with Gasteiger partial charge in [-0.05, 0) is 28.3 Å². The van der Waals surface area contributed by atoms with Gasteiger partial charge in [0, 0.05) is 6.89 Å². The molecule has 0 heterocycles. The Morgan fingerprint density at radius 3 is 1.52 bits per heavy atom. The van der Waals surface area contributed by atoms with E-state index >= 15 is 0 Å². The van der Waals surface area contributed by atoms with Crippen LogP contribution in [0, 0.1) is 6.92 Å². The van der Waals surface area contributed by atoms with Crippen molar-refractivity contribution in [2.45, 2.75) is 6.92 Å². The second-order valence-electron chi connectivity index (χ2n) is 5.39. The molecule has 0 radical (unpaired) electrons. The first-order valence-corrected chi connectivity index (χ1v) is 9.28. The number of hydrogen-bond donors (Lipinski definition) is 0.